The molecule has 1 heterocycles. The van der Waals surface area contributed by atoms with Gasteiger partial charge in [0.1, 0.15) is 0 Å². The Balaban J connectivity index is 2.16. The van der Waals surface area contributed by atoms with E-state index in [9.17, 15) is 0 Å². The van der Waals surface area contributed by atoms with Crippen LogP contribution in [0, 0.1) is 0 Å². The quantitative estimate of drug-likeness (QED) is 0.700. The largest absolute Gasteiger partial charge is 0.355 e. The molecular formula is C8H10ClN3. The Morgan fingerprint density at radius 2 is 2.17 bits per heavy atom. The zero-order valence-electron chi connectivity index (χ0n) is 6.87. The number of nitrogens with zero attached hydrogens (tertiary/aromatic N) is 3. The van der Waals surface area contributed by atoms with Crippen molar-refractivity contribution in [1.82, 2.24) is 10.2 Å². The van der Waals surface area contributed by atoms with Gasteiger partial charge in [0.2, 0.25) is 0 Å². The van der Waals surface area contributed by atoms with Gasteiger partial charge in [-0.2, -0.15) is 0 Å². The van der Waals surface area contributed by atoms with Crippen LogP contribution in [0.15, 0.2) is 12.1 Å². The maximum absolute atomic E-state index is 5.62. The molecule has 1 aromatic rings. The van der Waals surface area contributed by atoms with Crippen LogP contribution in [-0.2, 0) is 0 Å². The number of rotatable bonds is 2. The Morgan fingerprint density at radius 3 is 2.67 bits per heavy atom. The average Bonchev–Trinajstić information content (AvgIpc) is 2.87. The van der Waals surface area contributed by atoms with E-state index in [-0.39, 0.29) is 0 Å². The molecule has 0 amide bonds. The predicted molar refractivity (Wildman–Crippen MR) is 48.5 cm³/mol. The van der Waals surface area contributed by atoms with Gasteiger partial charge in [-0.25, -0.2) is 0 Å². The summed E-state index contributed by atoms with van der Waals surface area (Å²) >= 11 is 5.62. The second kappa shape index (κ2) is 2.90. The number of hydrogen-bond donors (Lipinski definition) is 0. The molecule has 1 fully saturated rings. The molecule has 1 aromatic heterocycles. The average molecular weight is 184 g/mol. The van der Waals surface area contributed by atoms with Crippen molar-refractivity contribution in [2.45, 2.75) is 18.9 Å². The lowest BCUT2D eigenvalue weighted by Gasteiger charge is -2.15. The van der Waals surface area contributed by atoms with Crippen LogP contribution in [0.4, 0.5) is 5.82 Å². The van der Waals surface area contributed by atoms with Gasteiger partial charge in [0.25, 0.3) is 0 Å². The van der Waals surface area contributed by atoms with Crippen molar-refractivity contribution in [2.24, 2.45) is 0 Å². The molecule has 1 aliphatic rings. The molecule has 4 heteroatoms. The Morgan fingerprint density at radius 1 is 1.42 bits per heavy atom. The normalized spacial score (nSPS) is 16.2. The minimum atomic E-state index is 0.447. The van der Waals surface area contributed by atoms with E-state index in [1.165, 1.54) is 12.8 Å². The fourth-order valence-electron chi connectivity index (χ4n) is 1.15. The van der Waals surface area contributed by atoms with Gasteiger partial charge in [-0.1, -0.05) is 11.6 Å². The van der Waals surface area contributed by atoms with Crippen LogP contribution in [-0.4, -0.2) is 23.3 Å². The second-order valence-electron chi connectivity index (χ2n) is 3.06. The summed E-state index contributed by atoms with van der Waals surface area (Å²) in [6.07, 6.45) is 2.53. The lowest BCUT2D eigenvalue weighted by Crippen LogP contribution is -2.20. The summed E-state index contributed by atoms with van der Waals surface area (Å²) in [6.45, 7) is 0. The Labute approximate surface area is 76.4 Å². The third-order valence-corrected chi connectivity index (χ3v) is 2.28. The van der Waals surface area contributed by atoms with E-state index in [1.54, 1.807) is 6.07 Å². The highest BCUT2D eigenvalue weighted by Crippen LogP contribution is 2.28. The maximum Gasteiger partial charge on any atom is 0.151 e. The monoisotopic (exact) mass is 183 g/mol. The molecule has 1 aliphatic carbocycles. The van der Waals surface area contributed by atoms with E-state index in [1.807, 2.05) is 13.1 Å². The molecule has 0 radical (unpaired) electrons. The van der Waals surface area contributed by atoms with Crippen molar-refractivity contribution >= 4 is 17.4 Å². The second-order valence-corrected chi connectivity index (χ2v) is 3.44. The van der Waals surface area contributed by atoms with E-state index in [0.717, 1.165) is 5.82 Å². The van der Waals surface area contributed by atoms with Gasteiger partial charge >= 0.3 is 0 Å². The zero-order chi connectivity index (χ0) is 8.55. The van der Waals surface area contributed by atoms with Crippen LogP contribution in [0.2, 0.25) is 5.15 Å². The molecule has 0 atom stereocenters. The van der Waals surface area contributed by atoms with Gasteiger partial charge in [-0.3, -0.25) is 0 Å². The standard InChI is InChI=1S/C8H10ClN3/c1-12(6-2-3-6)8-5-4-7(9)10-11-8/h4-6H,2-3H2,1H3. The first-order chi connectivity index (χ1) is 5.77. The van der Waals surface area contributed by atoms with Gasteiger partial charge in [-0.15, -0.1) is 10.2 Å². The molecule has 0 N–H and O–H groups in total. The zero-order valence-corrected chi connectivity index (χ0v) is 7.62. The van der Waals surface area contributed by atoms with Gasteiger partial charge in [-0.05, 0) is 25.0 Å². The highest BCUT2D eigenvalue weighted by atomic mass is 35.5. The topological polar surface area (TPSA) is 29.0 Å². The Kier molecular flexibility index (Phi) is 1.89. The first kappa shape index (κ1) is 7.80. The van der Waals surface area contributed by atoms with Crippen LogP contribution in [0.3, 0.4) is 0 Å². The van der Waals surface area contributed by atoms with Gasteiger partial charge in [0.05, 0.1) is 0 Å². The predicted octanol–water partition coefficient (Wildman–Crippen LogP) is 1.73. The molecule has 0 aromatic carbocycles. The molecule has 2 rings (SSSR count). The number of hydrogen-bond acceptors (Lipinski definition) is 3. The number of aromatic nitrogens is 2. The summed E-state index contributed by atoms with van der Waals surface area (Å²) < 4.78 is 0. The summed E-state index contributed by atoms with van der Waals surface area (Å²) in [5.74, 6) is 0.905. The van der Waals surface area contributed by atoms with Crippen molar-refractivity contribution in [3.05, 3.63) is 17.3 Å². The molecule has 0 unspecified atom stereocenters. The van der Waals surface area contributed by atoms with Crippen LogP contribution >= 0.6 is 11.6 Å². The molecule has 64 valence electrons. The fourth-order valence-corrected chi connectivity index (χ4v) is 1.25. The van der Waals surface area contributed by atoms with E-state index in [2.05, 4.69) is 15.1 Å². The van der Waals surface area contributed by atoms with Crippen molar-refractivity contribution in [1.29, 1.82) is 0 Å². The van der Waals surface area contributed by atoms with Gasteiger partial charge < -0.3 is 4.90 Å². The Bertz CT molecular complexity index is 268. The van der Waals surface area contributed by atoms with E-state index >= 15 is 0 Å². The summed E-state index contributed by atoms with van der Waals surface area (Å²) in [5.41, 5.74) is 0. The summed E-state index contributed by atoms with van der Waals surface area (Å²) in [7, 11) is 2.04. The minimum absolute atomic E-state index is 0.447. The van der Waals surface area contributed by atoms with Gasteiger partial charge in [0.15, 0.2) is 11.0 Å². The smallest absolute Gasteiger partial charge is 0.151 e. The van der Waals surface area contributed by atoms with Gasteiger partial charge in [0, 0.05) is 13.1 Å². The molecule has 12 heavy (non-hydrogen) atoms. The molecule has 1 saturated carbocycles. The molecule has 3 nitrogen and oxygen atoms in total. The SMILES string of the molecule is CN(c1ccc(Cl)nn1)C1CC1. The molecule has 0 saturated heterocycles. The lowest BCUT2D eigenvalue weighted by atomic mass is 10.4. The van der Waals surface area contributed by atoms with Crippen molar-refractivity contribution in [2.75, 3.05) is 11.9 Å². The highest BCUT2D eigenvalue weighted by Gasteiger charge is 2.27. The van der Waals surface area contributed by atoms with Crippen LogP contribution < -0.4 is 4.90 Å². The Hall–Kier alpha value is -0.830. The van der Waals surface area contributed by atoms with E-state index in [0.29, 0.717) is 11.2 Å². The number of halogens is 1. The van der Waals surface area contributed by atoms with Crippen molar-refractivity contribution in [3.8, 4) is 0 Å². The highest BCUT2D eigenvalue weighted by molar-refractivity contribution is 6.29. The molecular weight excluding hydrogens is 174 g/mol. The first-order valence-electron chi connectivity index (χ1n) is 3.99. The summed E-state index contributed by atoms with van der Waals surface area (Å²) in [4.78, 5) is 2.14. The van der Waals surface area contributed by atoms with Crippen LogP contribution in [0.25, 0.3) is 0 Å². The van der Waals surface area contributed by atoms with Crippen LogP contribution in [0.1, 0.15) is 12.8 Å². The third kappa shape index (κ3) is 1.50. The van der Waals surface area contributed by atoms with Crippen molar-refractivity contribution < 1.29 is 0 Å². The third-order valence-electron chi connectivity index (χ3n) is 2.07. The van der Waals surface area contributed by atoms with Crippen molar-refractivity contribution in [3.63, 3.8) is 0 Å². The summed E-state index contributed by atoms with van der Waals surface area (Å²) in [6, 6.07) is 4.33. The maximum atomic E-state index is 5.62. The van der Waals surface area contributed by atoms with E-state index in [4.69, 9.17) is 11.6 Å². The summed E-state index contributed by atoms with van der Waals surface area (Å²) in [5, 5.41) is 8.21. The lowest BCUT2D eigenvalue weighted by molar-refractivity contribution is 0.862. The molecule has 0 spiro atoms. The minimum Gasteiger partial charge on any atom is -0.355 e. The molecule has 0 aliphatic heterocycles. The first-order valence-corrected chi connectivity index (χ1v) is 4.37. The van der Waals surface area contributed by atoms with Crippen LogP contribution in [0.5, 0.6) is 0 Å². The number of anilines is 1. The fraction of sp³-hybridized carbons (Fsp3) is 0.500. The van der Waals surface area contributed by atoms with E-state index < -0.39 is 0 Å². The molecule has 0 bridgehead atoms.